The van der Waals surface area contributed by atoms with Gasteiger partial charge in [0.05, 0.1) is 17.2 Å². The Bertz CT molecular complexity index is 1070. The third-order valence-corrected chi connectivity index (χ3v) is 3.90. The standard InChI is InChI=1S/C18H12N4O2/c1-10-15-16(11-4-6-12(23)7-5-11)13(9-19)17(14-3-2-8-24-14)20-18(15)22-21-10/h2-8,23H,1H3,(H,20,21,22). The highest BCUT2D eigenvalue weighted by atomic mass is 16.3. The number of nitrogens with one attached hydrogen (secondary N) is 1. The molecule has 0 amide bonds. The Morgan fingerprint density at radius 2 is 2.00 bits per heavy atom. The van der Waals surface area contributed by atoms with Crippen LogP contribution in [0.25, 0.3) is 33.6 Å². The molecular weight excluding hydrogens is 304 g/mol. The van der Waals surface area contributed by atoms with Gasteiger partial charge in [0.25, 0.3) is 0 Å². The molecule has 0 spiro atoms. The van der Waals surface area contributed by atoms with Crippen LogP contribution in [-0.2, 0) is 0 Å². The fourth-order valence-electron chi connectivity index (χ4n) is 2.82. The van der Waals surface area contributed by atoms with Crippen LogP contribution in [0.1, 0.15) is 11.3 Å². The average Bonchev–Trinajstić information content (AvgIpc) is 3.24. The minimum absolute atomic E-state index is 0.165. The Kier molecular flexibility index (Phi) is 3.07. The number of hydrogen-bond acceptors (Lipinski definition) is 5. The predicted molar refractivity (Wildman–Crippen MR) is 88.1 cm³/mol. The summed E-state index contributed by atoms with van der Waals surface area (Å²) >= 11 is 0. The first kappa shape index (κ1) is 14.0. The van der Waals surface area contributed by atoms with Crippen molar-refractivity contribution >= 4 is 11.0 Å². The molecule has 4 rings (SSSR count). The van der Waals surface area contributed by atoms with Gasteiger partial charge < -0.3 is 9.52 Å². The molecule has 0 radical (unpaired) electrons. The molecule has 6 nitrogen and oxygen atoms in total. The van der Waals surface area contributed by atoms with Gasteiger partial charge in [0.1, 0.15) is 17.5 Å². The highest BCUT2D eigenvalue weighted by Gasteiger charge is 2.22. The number of furan rings is 1. The maximum atomic E-state index is 9.79. The van der Waals surface area contributed by atoms with E-state index in [9.17, 15) is 10.4 Å². The van der Waals surface area contributed by atoms with Crippen LogP contribution in [0.15, 0.2) is 47.1 Å². The molecule has 4 aromatic rings. The zero-order valence-corrected chi connectivity index (χ0v) is 12.7. The maximum Gasteiger partial charge on any atom is 0.182 e. The lowest BCUT2D eigenvalue weighted by Crippen LogP contribution is -1.95. The fourth-order valence-corrected chi connectivity index (χ4v) is 2.82. The van der Waals surface area contributed by atoms with Crippen LogP contribution < -0.4 is 0 Å². The van der Waals surface area contributed by atoms with E-state index in [1.165, 1.54) is 0 Å². The van der Waals surface area contributed by atoms with Gasteiger partial charge in [0, 0.05) is 11.3 Å². The Morgan fingerprint density at radius 3 is 2.67 bits per heavy atom. The van der Waals surface area contributed by atoms with Crippen molar-refractivity contribution in [2.75, 3.05) is 0 Å². The van der Waals surface area contributed by atoms with Crippen molar-refractivity contribution in [3.05, 3.63) is 53.9 Å². The van der Waals surface area contributed by atoms with Gasteiger partial charge in [-0.2, -0.15) is 10.4 Å². The summed E-state index contributed by atoms with van der Waals surface area (Å²) in [6.45, 7) is 1.88. The van der Waals surface area contributed by atoms with Gasteiger partial charge in [0.2, 0.25) is 0 Å². The smallest absolute Gasteiger partial charge is 0.182 e. The van der Waals surface area contributed by atoms with Crippen molar-refractivity contribution in [1.82, 2.24) is 15.2 Å². The highest BCUT2D eigenvalue weighted by molar-refractivity contribution is 6.00. The summed E-state index contributed by atoms with van der Waals surface area (Å²) in [7, 11) is 0. The zero-order valence-electron chi connectivity index (χ0n) is 12.7. The van der Waals surface area contributed by atoms with Crippen molar-refractivity contribution < 1.29 is 9.52 Å². The molecule has 0 aliphatic rings. The molecule has 3 aromatic heterocycles. The van der Waals surface area contributed by atoms with Crippen molar-refractivity contribution in [1.29, 1.82) is 5.26 Å². The van der Waals surface area contributed by atoms with Gasteiger partial charge in [-0.15, -0.1) is 0 Å². The van der Waals surface area contributed by atoms with Crippen LogP contribution >= 0.6 is 0 Å². The first-order chi connectivity index (χ1) is 11.7. The molecule has 0 saturated heterocycles. The van der Waals surface area contributed by atoms with Gasteiger partial charge in [-0.1, -0.05) is 12.1 Å². The topological polar surface area (TPSA) is 98.7 Å². The number of fused-ring (bicyclic) bond motifs is 1. The average molecular weight is 316 g/mol. The number of hydrogen-bond donors (Lipinski definition) is 2. The second-order valence-corrected chi connectivity index (χ2v) is 5.39. The summed E-state index contributed by atoms with van der Waals surface area (Å²) in [5.74, 6) is 0.673. The molecule has 0 atom stereocenters. The monoisotopic (exact) mass is 316 g/mol. The fraction of sp³-hybridized carbons (Fsp3) is 0.0556. The summed E-state index contributed by atoms with van der Waals surface area (Å²) < 4.78 is 5.44. The first-order valence-electron chi connectivity index (χ1n) is 7.31. The number of aromatic amines is 1. The van der Waals surface area contributed by atoms with E-state index in [1.807, 2.05) is 6.92 Å². The number of aromatic hydroxyl groups is 1. The van der Waals surface area contributed by atoms with E-state index in [0.717, 1.165) is 22.2 Å². The molecule has 1 aromatic carbocycles. The SMILES string of the molecule is Cc1[nH]nc2nc(-c3ccco3)c(C#N)c(-c3ccc(O)cc3)c12. The Morgan fingerprint density at radius 1 is 1.21 bits per heavy atom. The van der Waals surface area contributed by atoms with Crippen LogP contribution in [0.5, 0.6) is 5.75 Å². The zero-order chi connectivity index (χ0) is 16.7. The van der Waals surface area contributed by atoms with E-state index < -0.39 is 0 Å². The molecule has 0 fully saturated rings. The minimum atomic E-state index is 0.165. The third-order valence-electron chi connectivity index (χ3n) is 3.90. The molecule has 6 heteroatoms. The number of rotatable bonds is 2. The molecule has 0 aliphatic carbocycles. The molecule has 116 valence electrons. The van der Waals surface area contributed by atoms with E-state index >= 15 is 0 Å². The van der Waals surface area contributed by atoms with E-state index in [0.29, 0.717) is 22.7 Å². The van der Waals surface area contributed by atoms with Crippen LogP contribution in [0.2, 0.25) is 0 Å². The largest absolute Gasteiger partial charge is 0.508 e. The highest BCUT2D eigenvalue weighted by Crippen LogP contribution is 2.37. The van der Waals surface area contributed by atoms with E-state index in [-0.39, 0.29) is 5.75 Å². The molecule has 0 bridgehead atoms. The number of benzene rings is 1. The molecule has 0 saturated carbocycles. The summed E-state index contributed by atoms with van der Waals surface area (Å²) in [5, 5.41) is 27.3. The summed E-state index contributed by atoms with van der Waals surface area (Å²) in [6, 6.07) is 12.5. The predicted octanol–water partition coefficient (Wildman–Crippen LogP) is 3.77. The van der Waals surface area contributed by atoms with Crippen molar-refractivity contribution in [2.45, 2.75) is 6.92 Å². The van der Waals surface area contributed by atoms with Crippen LogP contribution in [0, 0.1) is 18.3 Å². The lowest BCUT2D eigenvalue weighted by molar-refractivity contribution is 0.475. The van der Waals surface area contributed by atoms with Gasteiger partial charge in [-0.3, -0.25) is 5.10 Å². The van der Waals surface area contributed by atoms with Crippen LogP contribution in [-0.4, -0.2) is 20.3 Å². The molecule has 3 heterocycles. The molecule has 2 N–H and O–H groups in total. The molecule has 0 aliphatic heterocycles. The van der Waals surface area contributed by atoms with Gasteiger partial charge in [-0.05, 0) is 36.8 Å². The van der Waals surface area contributed by atoms with Crippen molar-refractivity contribution in [2.24, 2.45) is 0 Å². The molecule has 0 unspecified atom stereocenters. The maximum absolute atomic E-state index is 9.79. The second kappa shape index (κ2) is 5.25. The number of nitrogens with zero attached hydrogens (tertiary/aromatic N) is 3. The van der Waals surface area contributed by atoms with Crippen LogP contribution in [0.3, 0.4) is 0 Å². The van der Waals surface area contributed by atoms with Crippen LogP contribution in [0.4, 0.5) is 0 Å². The number of pyridine rings is 1. The first-order valence-corrected chi connectivity index (χ1v) is 7.31. The minimum Gasteiger partial charge on any atom is -0.508 e. The normalized spacial score (nSPS) is 10.8. The van der Waals surface area contributed by atoms with Crippen molar-refractivity contribution in [3.8, 4) is 34.4 Å². The number of aryl methyl sites for hydroxylation is 1. The summed E-state index contributed by atoms with van der Waals surface area (Å²) in [5.41, 5.74) is 3.72. The molecule has 24 heavy (non-hydrogen) atoms. The van der Waals surface area contributed by atoms with E-state index in [2.05, 4.69) is 21.3 Å². The number of aromatic nitrogens is 3. The van der Waals surface area contributed by atoms with E-state index in [4.69, 9.17) is 4.42 Å². The van der Waals surface area contributed by atoms with Gasteiger partial charge in [0.15, 0.2) is 11.4 Å². The van der Waals surface area contributed by atoms with E-state index in [1.54, 1.807) is 42.7 Å². The second-order valence-electron chi connectivity index (χ2n) is 5.39. The Hall–Kier alpha value is -3.59. The lowest BCUT2D eigenvalue weighted by Gasteiger charge is -2.10. The Labute approximate surface area is 137 Å². The summed E-state index contributed by atoms with van der Waals surface area (Å²) in [6.07, 6.45) is 1.54. The van der Waals surface area contributed by atoms with Gasteiger partial charge >= 0.3 is 0 Å². The van der Waals surface area contributed by atoms with Crippen molar-refractivity contribution in [3.63, 3.8) is 0 Å². The van der Waals surface area contributed by atoms with Gasteiger partial charge in [-0.25, -0.2) is 4.98 Å². The number of phenols is 1. The summed E-state index contributed by atoms with van der Waals surface area (Å²) in [4.78, 5) is 4.51. The number of nitriles is 1. The number of phenolic OH excluding ortho intramolecular Hbond substituents is 1. The molecular formula is C18H12N4O2. The third kappa shape index (κ3) is 2.03. The Balaban J connectivity index is 2.15. The quantitative estimate of drug-likeness (QED) is 0.586. The lowest BCUT2D eigenvalue weighted by atomic mass is 9.95. The number of H-pyrrole nitrogens is 1.